The van der Waals surface area contributed by atoms with Crippen LogP contribution in [0, 0.1) is 6.92 Å². The van der Waals surface area contributed by atoms with Crippen LogP contribution in [0.25, 0.3) is 0 Å². The van der Waals surface area contributed by atoms with E-state index >= 15 is 0 Å². The van der Waals surface area contributed by atoms with E-state index in [1.165, 1.54) is 0 Å². The van der Waals surface area contributed by atoms with E-state index in [2.05, 4.69) is 5.32 Å². The molecule has 144 valence electrons. The Hall–Kier alpha value is -2.62. The highest BCUT2D eigenvalue weighted by molar-refractivity contribution is 5.88. The Bertz CT molecular complexity index is 758. The number of nitrogens with zero attached hydrogens (tertiary/aromatic N) is 1. The van der Waals surface area contributed by atoms with Gasteiger partial charge in [0, 0.05) is 12.6 Å². The Morgan fingerprint density at radius 2 is 1.63 bits per heavy atom. The number of hydrogen-bond acceptors (Lipinski definition) is 2. The molecule has 0 fully saturated rings. The van der Waals surface area contributed by atoms with Gasteiger partial charge in [-0.3, -0.25) is 9.59 Å². The predicted molar refractivity (Wildman–Crippen MR) is 109 cm³/mol. The van der Waals surface area contributed by atoms with E-state index in [1.807, 2.05) is 75.4 Å². The summed E-state index contributed by atoms with van der Waals surface area (Å²) in [6.07, 6.45) is 1.14. The summed E-state index contributed by atoms with van der Waals surface area (Å²) in [7, 11) is 0. The lowest BCUT2D eigenvalue weighted by Crippen LogP contribution is -2.50. The third-order valence-electron chi connectivity index (χ3n) is 4.97. The largest absolute Gasteiger partial charge is 0.352 e. The molecule has 4 nitrogen and oxygen atoms in total. The van der Waals surface area contributed by atoms with Gasteiger partial charge in [-0.1, -0.05) is 61.5 Å². The zero-order chi connectivity index (χ0) is 19.8. The van der Waals surface area contributed by atoms with Gasteiger partial charge >= 0.3 is 0 Å². The first kappa shape index (κ1) is 20.7. The predicted octanol–water partition coefficient (Wildman–Crippen LogP) is 3.87. The van der Waals surface area contributed by atoms with E-state index in [9.17, 15) is 9.59 Å². The van der Waals surface area contributed by atoms with Crippen LogP contribution in [0.1, 0.15) is 43.9 Å². The zero-order valence-corrected chi connectivity index (χ0v) is 16.7. The first-order valence-corrected chi connectivity index (χ1v) is 9.60. The summed E-state index contributed by atoms with van der Waals surface area (Å²) in [5.74, 6) is -0.157. The molecule has 2 aromatic rings. The van der Waals surface area contributed by atoms with Gasteiger partial charge in [0.1, 0.15) is 6.04 Å². The van der Waals surface area contributed by atoms with Crippen LogP contribution in [-0.2, 0) is 22.6 Å². The molecule has 0 aliphatic carbocycles. The molecule has 0 aliphatic rings. The number of amides is 2. The van der Waals surface area contributed by atoms with Crippen molar-refractivity contribution in [3.05, 3.63) is 71.3 Å². The molecule has 2 aromatic carbocycles. The van der Waals surface area contributed by atoms with Crippen molar-refractivity contribution in [2.24, 2.45) is 0 Å². The molecular formula is C23H30N2O2. The maximum Gasteiger partial charge on any atom is 0.242 e. The maximum absolute atomic E-state index is 13.1. The molecule has 0 saturated heterocycles. The van der Waals surface area contributed by atoms with Gasteiger partial charge in [-0.05, 0) is 43.9 Å². The number of nitrogens with one attached hydrogen (secondary N) is 1. The summed E-state index contributed by atoms with van der Waals surface area (Å²) in [6.45, 7) is 8.26. The molecule has 2 atom stereocenters. The van der Waals surface area contributed by atoms with Gasteiger partial charge in [0.05, 0.1) is 6.42 Å². The van der Waals surface area contributed by atoms with Crippen molar-refractivity contribution in [3.8, 4) is 0 Å². The average Bonchev–Trinajstić information content (AvgIpc) is 2.67. The standard InChI is InChI=1S/C23H30N2O2/c1-5-18(3)24-23(27)19(4)25(16-21-14-10-9-11-17(21)2)22(26)15-20-12-7-6-8-13-20/h6-14,18-19H,5,15-16H2,1-4H3,(H,24,27)/t18-,19-/m1/s1. The van der Waals surface area contributed by atoms with Crippen molar-refractivity contribution >= 4 is 11.8 Å². The molecule has 4 heteroatoms. The van der Waals surface area contributed by atoms with Crippen LogP contribution < -0.4 is 5.32 Å². The van der Waals surface area contributed by atoms with Crippen LogP contribution in [0.15, 0.2) is 54.6 Å². The van der Waals surface area contributed by atoms with Gasteiger partial charge in [0.25, 0.3) is 0 Å². The third-order valence-corrected chi connectivity index (χ3v) is 4.97. The molecule has 0 bridgehead atoms. The maximum atomic E-state index is 13.1. The van der Waals surface area contributed by atoms with Crippen LogP contribution in [0.3, 0.4) is 0 Å². The van der Waals surface area contributed by atoms with Crippen LogP contribution in [0.4, 0.5) is 0 Å². The third kappa shape index (κ3) is 5.95. The molecule has 0 aromatic heterocycles. The van der Waals surface area contributed by atoms with Gasteiger partial charge in [0.2, 0.25) is 11.8 Å². The normalized spacial score (nSPS) is 12.9. The van der Waals surface area contributed by atoms with Crippen molar-refractivity contribution in [2.45, 2.75) is 59.2 Å². The molecule has 0 heterocycles. The topological polar surface area (TPSA) is 49.4 Å². The lowest BCUT2D eigenvalue weighted by molar-refractivity contribution is -0.140. The Morgan fingerprint density at radius 3 is 2.26 bits per heavy atom. The molecule has 0 unspecified atom stereocenters. The Kier molecular flexibility index (Phi) is 7.59. The first-order chi connectivity index (χ1) is 12.9. The average molecular weight is 367 g/mol. The molecule has 0 saturated carbocycles. The van der Waals surface area contributed by atoms with E-state index in [0.29, 0.717) is 6.54 Å². The molecule has 1 N–H and O–H groups in total. The minimum Gasteiger partial charge on any atom is -0.352 e. The molecule has 2 amide bonds. The molecule has 2 rings (SSSR count). The number of carbonyl (C=O) groups is 2. The van der Waals surface area contributed by atoms with Crippen LogP contribution in [0.5, 0.6) is 0 Å². The van der Waals surface area contributed by atoms with Crippen molar-refractivity contribution in [1.82, 2.24) is 10.2 Å². The van der Waals surface area contributed by atoms with Crippen LogP contribution in [0.2, 0.25) is 0 Å². The Labute approximate surface area is 162 Å². The summed E-state index contributed by atoms with van der Waals surface area (Å²) < 4.78 is 0. The highest BCUT2D eigenvalue weighted by Gasteiger charge is 2.27. The lowest BCUT2D eigenvalue weighted by Gasteiger charge is -2.30. The van der Waals surface area contributed by atoms with E-state index in [4.69, 9.17) is 0 Å². The zero-order valence-electron chi connectivity index (χ0n) is 16.7. The number of hydrogen-bond donors (Lipinski definition) is 1. The summed E-state index contributed by atoms with van der Waals surface area (Å²) in [6, 6.07) is 17.2. The molecule has 0 spiro atoms. The minimum atomic E-state index is -0.533. The highest BCUT2D eigenvalue weighted by atomic mass is 16.2. The summed E-state index contributed by atoms with van der Waals surface area (Å²) in [5, 5.41) is 3.00. The smallest absolute Gasteiger partial charge is 0.242 e. The summed E-state index contributed by atoms with van der Waals surface area (Å²) >= 11 is 0. The van der Waals surface area contributed by atoms with Crippen molar-refractivity contribution in [2.75, 3.05) is 0 Å². The second-order valence-corrected chi connectivity index (χ2v) is 7.10. The number of aryl methyl sites for hydroxylation is 1. The minimum absolute atomic E-state index is 0.0451. The van der Waals surface area contributed by atoms with Crippen molar-refractivity contribution in [3.63, 3.8) is 0 Å². The molecule has 0 aliphatic heterocycles. The monoisotopic (exact) mass is 366 g/mol. The van der Waals surface area contributed by atoms with Gasteiger partial charge < -0.3 is 10.2 Å². The van der Waals surface area contributed by atoms with Gasteiger partial charge in [-0.2, -0.15) is 0 Å². The van der Waals surface area contributed by atoms with Crippen molar-refractivity contribution in [1.29, 1.82) is 0 Å². The van der Waals surface area contributed by atoms with E-state index in [-0.39, 0.29) is 24.3 Å². The van der Waals surface area contributed by atoms with Gasteiger partial charge in [-0.25, -0.2) is 0 Å². The van der Waals surface area contributed by atoms with Gasteiger partial charge in [0.15, 0.2) is 0 Å². The first-order valence-electron chi connectivity index (χ1n) is 9.60. The van der Waals surface area contributed by atoms with E-state index in [0.717, 1.165) is 23.1 Å². The fraction of sp³-hybridized carbons (Fsp3) is 0.391. The fourth-order valence-electron chi connectivity index (χ4n) is 2.89. The Morgan fingerprint density at radius 1 is 1.00 bits per heavy atom. The number of benzene rings is 2. The number of carbonyl (C=O) groups excluding carboxylic acids is 2. The summed E-state index contributed by atoms with van der Waals surface area (Å²) in [4.78, 5) is 27.4. The lowest BCUT2D eigenvalue weighted by atomic mass is 10.1. The van der Waals surface area contributed by atoms with Crippen LogP contribution in [-0.4, -0.2) is 28.8 Å². The number of rotatable bonds is 8. The highest BCUT2D eigenvalue weighted by Crippen LogP contribution is 2.15. The Balaban J connectivity index is 2.22. The molecule has 27 heavy (non-hydrogen) atoms. The fourth-order valence-corrected chi connectivity index (χ4v) is 2.89. The summed E-state index contributed by atoms with van der Waals surface area (Å²) in [5.41, 5.74) is 3.12. The quantitative estimate of drug-likeness (QED) is 0.771. The van der Waals surface area contributed by atoms with Crippen LogP contribution >= 0.6 is 0 Å². The van der Waals surface area contributed by atoms with E-state index in [1.54, 1.807) is 11.8 Å². The van der Waals surface area contributed by atoms with Gasteiger partial charge in [-0.15, -0.1) is 0 Å². The molecule has 0 radical (unpaired) electrons. The SMILES string of the molecule is CC[C@@H](C)NC(=O)[C@@H](C)N(Cc1ccccc1C)C(=O)Cc1ccccc1. The second kappa shape index (κ2) is 9.91. The molecular weight excluding hydrogens is 336 g/mol. The van der Waals surface area contributed by atoms with E-state index < -0.39 is 6.04 Å². The second-order valence-electron chi connectivity index (χ2n) is 7.10. The van der Waals surface area contributed by atoms with Crippen molar-refractivity contribution < 1.29 is 9.59 Å².